The Labute approximate surface area is 176 Å². The number of nitriles is 2. The van der Waals surface area contributed by atoms with Gasteiger partial charge in [0.25, 0.3) is 0 Å². The summed E-state index contributed by atoms with van der Waals surface area (Å²) in [6.07, 6.45) is 0. The van der Waals surface area contributed by atoms with Gasteiger partial charge in [0.2, 0.25) is 11.8 Å². The Morgan fingerprint density at radius 3 is 2.34 bits per heavy atom. The molecule has 0 aromatic heterocycles. The summed E-state index contributed by atoms with van der Waals surface area (Å²) in [4.78, 5) is 28.4. The van der Waals surface area contributed by atoms with Crippen LogP contribution < -0.4 is 10.2 Å². The van der Waals surface area contributed by atoms with Crippen molar-refractivity contribution in [2.45, 2.75) is 20.4 Å². The van der Waals surface area contributed by atoms with E-state index in [1.807, 2.05) is 49.3 Å². The molecule has 0 fully saturated rings. The molecule has 1 heterocycles. The summed E-state index contributed by atoms with van der Waals surface area (Å²) in [5, 5.41) is 21.8. The normalized spacial score (nSPS) is 17.8. The minimum Gasteiger partial charge on any atom is -0.378 e. The Morgan fingerprint density at radius 1 is 1.21 bits per heavy atom. The molecule has 1 aliphatic heterocycles. The lowest BCUT2D eigenvalue weighted by atomic mass is 9.72. The van der Waals surface area contributed by atoms with Crippen molar-refractivity contribution in [3.8, 4) is 12.1 Å². The summed E-state index contributed by atoms with van der Waals surface area (Å²) in [6.45, 7) is 3.86. The molecular formula is C21H25N5O2S. The van der Waals surface area contributed by atoms with Crippen LogP contribution in [0.3, 0.4) is 0 Å². The van der Waals surface area contributed by atoms with Crippen LogP contribution >= 0.6 is 11.8 Å². The highest BCUT2D eigenvalue weighted by atomic mass is 32.2. The van der Waals surface area contributed by atoms with E-state index in [1.165, 1.54) is 0 Å². The number of amides is 2. The van der Waals surface area contributed by atoms with E-state index in [9.17, 15) is 20.1 Å². The molecule has 8 heteroatoms. The van der Waals surface area contributed by atoms with E-state index in [4.69, 9.17) is 0 Å². The molecule has 1 atom stereocenters. The summed E-state index contributed by atoms with van der Waals surface area (Å²) < 4.78 is 0. The van der Waals surface area contributed by atoms with E-state index in [-0.39, 0.29) is 11.7 Å². The van der Waals surface area contributed by atoms with Gasteiger partial charge in [-0.2, -0.15) is 10.5 Å². The molecular weight excluding hydrogens is 386 g/mol. The molecule has 29 heavy (non-hydrogen) atoms. The van der Waals surface area contributed by atoms with E-state index in [2.05, 4.69) is 11.4 Å². The summed E-state index contributed by atoms with van der Waals surface area (Å²) in [5.41, 5.74) is 1.51. The number of nitrogens with zero attached hydrogens (tertiary/aromatic N) is 4. The fourth-order valence-electron chi connectivity index (χ4n) is 3.04. The predicted octanol–water partition coefficient (Wildman–Crippen LogP) is 2.48. The van der Waals surface area contributed by atoms with Crippen molar-refractivity contribution in [1.29, 1.82) is 10.5 Å². The number of thioether (sulfide) groups is 1. The molecule has 1 N–H and O–H groups in total. The monoisotopic (exact) mass is 411 g/mol. The molecule has 0 radical (unpaired) electrons. The molecule has 1 aromatic carbocycles. The molecule has 0 unspecified atom stereocenters. The van der Waals surface area contributed by atoms with Gasteiger partial charge in [-0.3, -0.25) is 9.59 Å². The second-order valence-electron chi connectivity index (χ2n) is 7.69. The number of rotatable bonds is 6. The number of nitrogens with one attached hydrogen (secondary N) is 1. The van der Waals surface area contributed by atoms with Crippen LogP contribution in [0, 0.1) is 34.0 Å². The van der Waals surface area contributed by atoms with Gasteiger partial charge in [-0.25, -0.2) is 0 Å². The third kappa shape index (κ3) is 4.90. The molecule has 0 saturated carbocycles. The van der Waals surface area contributed by atoms with Crippen LogP contribution in [0.25, 0.3) is 0 Å². The second kappa shape index (κ2) is 9.02. The minimum atomic E-state index is -0.940. The molecule has 1 aliphatic rings. The number of hydrogen-bond donors (Lipinski definition) is 1. The molecule has 0 spiro atoms. The Bertz CT molecular complexity index is 906. The largest absolute Gasteiger partial charge is 0.378 e. The highest BCUT2D eigenvalue weighted by molar-refractivity contribution is 8.03. The maximum atomic E-state index is 12.5. The Hall–Kier alpha value is -2.97. The Kier molecular flexibility index (Phi) is 6.94. The van der Waals surface area contributed by atoms with Gasteiger partial charge in [-0.15, -0.1) is 0 Å². The highest BCUT2D eigenvalue weighted by Crippen LogP contribution is 2.41. The van der Waals surface area contributed by atoms with E-state index >= 15 is 0 Å². The first kappa shape index (κ1) is 22.3. The van der Waals surface area contributed by atoms with E-state index in [0.717, 1.165) is 23.0 Å². The van der Waals surface area contributed by atoms with Gasteiger partial charge in [-0.1, -0.05) is 37.7 Å². The first-order valence-electron chi connectivity index (χ1n) is 9.10. The van der Waals surface area contributed by atoms with Crippen molar-refractivity contribution in [2.75, 3.05) is 31.8 Å². The quantitative estimate of drug-likeness (QED) is 0.772. The number of carbonyl (C=O) groups is 2. The van der Waals surface area contributed by atoms with E-state index in [1.54, 1.807) is 25.8 Å². The second-order valence-corrected chi connectivity index (χ2v) is 8.67. The topological polar surface area (TPSA) is 100 Å². The van der Waals surface area contributed by atoms with Crippen LogP contribution in [0.5, 0.6) is 0 Å². The molecule has 0 saturated heterocycles. The van der Waals surface area contributed by atoms with Gasteiger partial charge in [0.15, 0.2) is 0 Å². The average Bonchev–Trinajstić information content (AvgIpc) is 2.65. The molecule has 7 nitrogen and oxygen atoms in total. The standard InChI is InChI=1S/C21H25N5O2S/c1-21(2)16(10-22)19(28)24-20(17(21)11-23)29-13-18(27)26(5)12-14-6-8-15(9-7-14)25(3)4/h6-9,16H,12-13H2,1-5H3,(H,24,28)/t16-/m1/s1. The van der Waals surface area contributed by atoms with Gasteiger partial charge >= 0.3 is 0 Å². The zero-order valence-corrected chi connectivity index (χ0v) is 18.1. The first-order valence-corrected chi connectivity index (χ1v) is 10.1. The third-order valence-corrected chi connectivity index (χ3v) is 5.96. The van der Waals surface area contributed by atoms with Crippen molar-refractivity contribution in [3.63, 3.8) is 0 Å². The zero-order chi connectivity index (χ0) is 21.8. The lowest BCUT2D eigenvalue weighted by Gasteiger charge is -2.34. The molecule has 152 valence electrons. The molecule has 1 aromatic rings. The first-order chi connectivity index (χ1) is 13.6. The lowest BCUT2D eigenvalue weighted by Crippen LogP contribution is -2.44. The van der Waals surface area contributed by atoms with Crippen LogP contribution in [0.1, 0.15) is 19.4 Å². The fourth-order valence-corrected chi connectivity index (χ4v) is 4.15. The highest BCUT2D eigenvalue weighted by Gasteiger charge is 2.44. The molecule has 2 rings (SSSR count). The Morgan fingerprint density at radius 2 is 1.83 bits per heavy atom. The number of hydrogen-bond acceptors (Lipinski definition) is 6. The molecule has 2 amide bonds. The van der Waals surface area contributed by atoms with Gasteiger partial charge in [0, 0.05) is 38.8 Å². The van der Waals surface area contributed by atoms with Crippen molar-refractivity contribution in [1.82, 2.24) is 10.2 Å². The van der Waals surface area contributed by atoms with Gasteiger partial charge in [0.1, 0.15) is 5.92 Å². The van der Waals surface area contributed by atoms with Crippen LogP contribution in [-0.2, 0) is 16.1 Å². The van der Waals surface area contributed by atoms with Crippen molar-refractivity contribution in [2.24, 2.45) is 11.3 Å². The summed E-state index contributed by atoms with van der Waals surface area (Å²) in [7, 11) is 5.66. The van der Waals surface area contributed by atoms with Crippen LogP contribution in [0.15, 0.2) is 34.9 Å². The lowest BCUT2D eigenvalue weighted by molar-refractivity contribution is -0.128. The van der Waals surface area contributed by atoms with Crippen LogP contribution in [0.2, 0.25) is 0 Å². The number of carbonyl (C=O) groups excluding carboxylic acids is 2. The van der Waals surface area contributed by atoms with Crippen molar-refractivity contribution >= 4 is 29.3 Å². The SMILES string of the molecule is CN(Cc1ccc(N(C)C)cc1)C(=O)CSC1=C(C#N)C(C)(C)[C@H](C#N)C(=O)N1. The van der Waals surface area contributed by atoms with Crippen LogP contribution in [-0.4, -0.2) is 43.6 Å². The van der Waals surface area contributed by atoms with Gasteiger partial charge < -0.3 is 15.1 Å². The van der Waals surface area contributed by atoms with Crippen molar-refractivity contribution in [3.05, 3.63) is 40.4 Å². The van der Waals surface area contributed by atoms with Gasteiger partial charge in [0.05, 0.1) is 28.5 Å². The smallest absolute Gasteiger partial charge is 0.243 e. The predicted molar refractivity (Wildman–Crippen MR) is 113 cm³/mol. The number of allylic oxidation sites excluding steroid dienone is 1. The van der Waals surface area contributed by atoms with Crippen LogP contribution in [0.4, 0.5) is 5.69 Å². The summed E-state index contributed by atoms with van der Waals surface area (Å²) >= 11 is 1.12. The maximum Gasteiger partial charge on any atom is 0.243 e. The number of anilines is 1. The van der Waals surface area contributed by atoms with Gasteiger partial charge in [-0.05, 0) is 17.7 Å². The Balaban J connectivity index is 2.05. The summed E-state index contributed by atoms with van der Waals surface area (Å²) in [6, 6.07) is 12.0. The third-order valence-electron chi connectivity index (χ3n) is 4.97. The maximum absolute atomic E-state index is 12.5. The van der Waals surface area contributed by atoms with E-state index in [0.29, 0.717) is 17.1 Å². The fraction of sp³-hybridized carbons (Fsp3) is 0.429. The molecule has 0 aliphatic carbocycles. The van der Waals surface area contributed by atoms with Crippen molar-refractivity contribution < 1.29 is 9.59 Å². The van der Waals surface area contributed by atoms with E-state index < -0.39 is 17.2 Å². The number of benzene rings is 1. The molecule has 0 bridgehead atoms. The average molecular weight is 412 g/mol. The summed E-state index contributed by atoms with van der Waals surface area (Å²) in [5.74, 6) is -1.42. The zero-order valence-electron chi connectivity index (χ0n) is 17.3. The minimum absolute atomic E-state index is 0.0837.